The van der Waals surface area contributed by atoms with Gasteiger partial charge in [-0.1, -0.05) is 5.92 Å². The molecule has 1 aliphatic heterocycles. The Morgan fingerprint density at radius 2 is 2.06 bits per heavy atom. The highest BCUT2D eigenvalue weighted by atomic mass is 16.2. The third-order valence-corrected chi connectivity index (χ3v) is 2.85. The van der Waals surface area contributed by atoms with Crippen LogP contribution in [0.4, 0.5) is 5.69 Å². The van der Waals surface area contributed by atoms with Gasteiger partial charge in [0, 0.05) is 29.9 Å². The summed E-state index contributed by atoms with van der Waals surface area (Å²) >= 11 is 0. The van der Waals surface area contributed by atoms with E-state index in [4.69, 9.17) is 12.2 Å². The van der Waals surface area contributed by atoms with E-state index in [0.29, 0.717) is 16.8 Å². The van der Waals surface area contributed by atoms with E-state index in [9.17, 15) is 4.79 Å². The molecule has 1 aromatic carbocycles. The van der Waals surface area contributed by atoms with Crippen LogP contribution >= 0.6 is 0 Å². The highest BCUT2D eigenvalue weighted by Crippen LogP contribution is 2.17. The van der Waals surface area contributed by atoms with Crippen molar-refractivity contribution in [2.24, 2.45) is 0 Å². The van der Waals surface area contributed by atoms with E-state index in [1.807, 2.05) is 4.90 Å². The second-order valence-electron chi connectivity index (χ2n) is 3.95. The summed E-state index contributed by atoms with van der Waals surface area (Å²) in [7, 11) is 0. The van der Waals surface area contributed by atoms with E-state index >= 15 is 0 Å². The maximum atomic E-state index is 12.0. The fourth-order valence-corrected chi connectivity index (χ4v) is 1.93. The lowest BCUT2D eigenvalue weighted by atomic mass is 10.1. The van der Waals surface area contributed by atoms with Gasteiger partial charge in [-0.3, -0.25) is 4.79 Å². The lowest BCUT2D eigenvalue weighted by Crippen LogP contribution is -2.27. The largest absolute Gasteiger partial charge is 0.398 e. The van der Waals surface area contributed by atoms with E-state index in [1.165, 1.54) is 0 Å². The average Bonchev–Trinajstić information content (AvgIpc) is 2.81. The van der Waals surface area contributed by atoms with Crippen LogP contribution in [0.15, 0.2) is 18.2 Å². The van der Waals surface area contributed by atoms with Crippen LogP contribution in [0, 0.1) is 12.3 Å². The number of amides is 1. The summed E-state index contributed by atoms with van der Waals surface area (Å²) in [6.07, 6.45) is 7.45. The van der Waals surface area contributed by atoms with Crippen molar-refractivity contribution in [3.63, 3.8) is 0 Å². The SMILES string of the molecule is C#Cc1ccc(C(=O)N2CCCC2)cc1N. The number of nitrogens with zero attached hydrogens (tertiary/aromatic N) is 1. The van der Waals surface area contributed by atoms with Crippen molar-refractivity contribution in [2.45, 2.75) is 12.8 Å². The van der Waals surface area contributed by atoms with Crippen LogP contribution in [-0.2, 0) is 0 Å². The molecule has 16 heavy (non-hydrogen) atoms. The summed E-state index contributed by atoms with van der Waals surface area (Å²) < 4.78 is 0. The number of benzene rings is 1. The van der Waals surface area contributed by atoms with Crippen LogP contribution < -0.4 is 5.73 Å². The number of hydrogen-bond acceptors (Lipinski definition) is 2. The molecule has 3 heteroatoms. The minimum atomic E-state index is 0.0489. The predicted molar refractivity (Wildman–Crippen MR) is 63.9 cm³/mol. The molecule has 3 nitrogen and oxygen atoms in total. The van der Waals surface area contributed by atoms with Gasteiger partial charge in [0.2, 0.25) is 0 Å². The first kappa shape index (κ1) is 10.6. The van der Waals surface area contributed by atoms with Gasteiger partial charge in [-0.05, 0) is 31.0 Å². The Kier molecular flexibility index (Phi) is 2.82. The number of carbonyl (C=O) groups excluding carboxylic acids is 1. The number of carbonyl (C=O) groups is 1. The lowest BCUT2D eigenvalue weighted by Gasteiger charge is -2.15. The molecule has 0 bridgehead atoms. The topological polar surface area (TPSA) is 46.3 Å². The first-order chi connectivity index (χ1) is 7.72. The number of anilines is 1. The number of hydrogen-bond donors (Lipinski definition) is 1. The number of nitrogens with two attached hydrogens (primary N) is 1. The van der Waals surface area contributed by atoms with Gasteiger partial charge in [-0.2, -0.15) is 0 Å². The maximum Gasteiger partial charge on any atom is 0.253 e. The lowest BCUT2D eigenvalue weighted by molar-refractivity contribution is 0.0793. The van der Waals surface area contributed by atoms with Crippen molar-refractivity contribution in [2.75, 3.05) is 18.8 Å². The quantitative estimate of drug-likeness (QED) is 0.568. The molecule has 1 saturated heterocycles. The zero-order valence-electron chi connectivity index (χ0n) is 9.07. The molecule has 2 N–H and O–H groups in total. The molecular formula is C13H14N2O. The fourth-order valence-electron chi connectivity index (χ4n) is 1.93. The first-order valence-electron chi connectivity index (χ1n) is 5.38. The van der Waals surface area contributed by atoms with Crippen molar-refractivity contribution in [1.82, 2.24) is 4.90 Å². The molecule has 0 atom stereocenters. The molecule has 1 aromatic rings. The molecule has 82 valence electrons. The molecule has 0 radical (unpaired) electrons. The summed E-state index contributed by atoms with van der Waals surface area (Å²) in [5.74, 6) is 2.53. The number of likely N-dealkylation sites (tertiary alicyclic amines) is 1. The molecule has 1 heterocycles. The zero-order chi connectivity index (χ0) is 11.5. The van der Waals surface area contributed by atoms with E-state index in [1.54, 1.807) is 18.2 Å². The predicted octanol–water partition coefficient (Wildman–Crippen LogP) is 1.49. The molecule has 0 unspecified atom stereocenters. The minimum absolute atomic E-state index is 0.0489. The summed E-state index contributed by atoms with van der Waals surface area (Å²) in [4.78, 5) is 13.9. The van der Waals surface area contributed by atoms with Crippen LogP contribution in [0.5, 0.6) is 0 Å². The van der Waals surface area contributed by atoms with Gasteiger partial charge >= 0.3 is 0 Å². The normalized spacial score (nSPS) is 14.8. The summed E-state index contributed by atoms with van der Waals surface area (Å²) in [5, 5.41) is 0. The Morgan fingerprint density at radius 1 is 1.38 bits per heavy atom. The van der Waals surface area contributed by atoms with Gasteiger partial charge in [0.25, 0.3) is 5.91 Å². The molecule has 0 aromatic heterocycles. The Morgan fingerprint density at radius 3 is 2.62 bits per heavy atom. The first-order valence-corrected chi connectivity index (χ1v) is 5.38. The van der Waals surface area contributed by atoms with Crippen LogP contribution in [-0.4, -0.2) is 23.9 Å². The second kappa shape index (κ2) is 4.28. The van der Waals surface area contributed by atoms with Gasteiger partial charge in [0.15, 0.2) is 0 Å². The van der Waals surface area contributed by atoms with Gasteiger partial charge in [-0.25, -0.2) is 0 Å². The van der Waals surface area contributed by atoms with Crippen molar-refractivity contribution in [3.8, 4) is 12.3 Å². The number of rotatable bonds is 1. The smallest absolute Gasteiger partial charge is 0.253 e. The molecule has 0 aliphatic carbocycles. The maximum absolute atomic E-state index is 12.0. The van der Waals surface area contributed by atoms with Crippen LogP contribution in [0.25, 0.3) is 0 Å². The average molecular weight is 214 g/mol. The monoisotopic (exact) mass is 214 g/mol. The van der Waals surface area contributed by atoms with E-state index in [-0.39, 0.29) is 5.91 Å². The summed E-state index contributed by atoms with van der Waals surface area (Å²) in [6, 6.07) is 5.13. The third-order valence-electron chi connectivity index (χ3n) is 2.85. The Labute approximate surface area is 95.2 Å². The molecule has 0 saturated carbocycles. The molecule has 1 fully saturated rings. The number of nitrogen functional groups attached to an aromatic ring is 1. The molecule has 1 aliphatic rings. The standard InChI is InChI=1S/C13H14N2O/c1-2-10-5-6-11(9-12(10)14)13(16)15-7-3-4-8-15/h1,5-6,9H,3-4,7-8,14H2. The second-order valence-corrected chi connectivity index (χ2v) is 3.95. The molecule has 2 rings (SSSR count). The molecule has 0 spiro atoms. The van der Waals surface area contributed by atoms with Crippen LogP contribution in [0.3, 0.4) is 0 Å². The minimum Gasteiger partial charge on any atom is -0.398 e. The van der Waals surface area contributed by atoms with Crippen molar-refractivity contribution in [3.05, 3.63) is 29.3 Å². The third kappa shape index (κ3) is 1.87. The highest BCUT2D eigenvalue weighted by Gasteiger charge is 2.19. The van der Waals surface area contributed by atoms with Gasteiger partial charge < -0.3 is 10.6 Å². The van der Waals surface area contributed by atoms with Gasteiger partial charge in [0.1, 0.15) is 0 Å². The Balaban J connectivity index is 2.24. The fraction of sp³-hybridized carbons (Fsp3) is 0.308. The Bertz CT molecular complexity index is 453. The van der Waals surface area contributed by atoms with Crippen LogP contribution in [0.2, 0.25) is 0 Å². The van der Waals surface area contributed by atoms with Crippen molar-refractivity contribution < 1.29 is 4.79 Å². The van der Waals surface area contributed by atoms with Crippen molar-refractivity contribution in [1.29, 1.82) is 0 Å². The van der Waals surface area contributed by atoms with Crippen LogP contribution in [0.1, 0.15) is 28.8 Å². The molecule has 1 amide bonds. The van der Waals surface area contributed by atoms with Gasteiger partial charge in [-0.15, -0.1) is 6.42 Å². The van der Waals surface area contributed by atoms with Crippen molar-refractivity contribution >= 4 is 11.6 Å². The van der Waals surface area contributed by atoms with E-state index in [2.05, 4.69) is 5.92 Å². The van der Waals surface area contributed by atoms with E-state index < -0.39 is 0 Å². The van der Waals surface area contributed by atoms with Gasteiger partial charge in [0.05, 0.1) is 0 Å². The summed E-state index contributed by atoms with van der Waals surface area (Å²) in [5.41, 5.74) is 7.51. The summed E-state index contributed by atoms with van der Waals surface area (Å²) in [6.45, 7) is 1.69. The van der Waals surface area contributed by atoms with E-state index in [0.717, 1.165) is 25.9 Å². The highest BCUT2D eigenvalue weighted by molar-refractivity contribution is 5.95. The zero-order valence-corrected chi connectivity index (χ0v) is 9.07. The molecular weight excluding hydrogens is 200 g/mol. The Hall–Kier alpha value is -1.95. The number of terminal acetylenes is 1.